The van der Waals surface area contributed by atoms with E-state index in [4.69, 9.17) is 19.6 Å². The van der Waals surface area contributed by atoms with Crippen LogP contribution in [-0.4, -0.2) is 64.5 Å². The molecule has 5 rings (SSSR count). The standard InChI is InChI=1S/C27H28N4O2S.C2HF3O2/c1-2-14-33-27(32)31-13-12-20(18-31)17-28-16-19-6-5-7-21(15-19)24-10-11-25(34-24)26-29-22-8-3-4-9-23(22)30-26;3-2(4,5)1(6)7/h2-11,15,20,28H,1,12-14,16-18H2,(H,29,30);(H,6,7). The van der Waals surface area contributed by atoms with E-state index >= 15 is 0 Å². The maximum absolute atomic E-state index is 12.0. The lowest BCUT2D eigenvalue weighted by molar-refractivity contribution is -0.192. The third kappa shape index (κ3) is 8.18. The summed E-state index contributed by atoms with van der Waals surface area (Å²) < 4.78 is 36.9. The number of hydrogen-bond donors (Lipinski definition) is 3. The van der Waals surface area contributed by atoms with Crippen molar-refractivity contribution in [3.8, 4) is 21.1 Å². The van der Waals surface area contributed by atoms with Gasteiger partial charge in [-0.15, -0.1) is 11.3 Å². The number of aromatic amines is 1. The van der Waals surface area contributed by atoms with Gasteiger partial charge in [0.15, 0.2) is 0 Å². The second kappa shape index (κ2) is 13.5. The SMILES string of the molecule is C=CCOC(=O)N1CCC(CNCc2cccc(-c3ccc(-c4nc5ccccc5[nH]4)s3)c2)C1.O=C(O)C(F)(F)F. The van der Waals surface area contributed by atoms with E-state index in [0.717, 1.165) is 54.3 Å². The Labute approximate surface area is 238 Å². The molecular formula is C29H29F3N4O4S. The fourth-order valence-electron chi connectivity index (χ4n) is 4.33. The first kappa shape index (κ1) is 29.8. The minimum atomic E-state index is -5.08. The number of halogens is 3. The zero-order valence-corrected chi connectivity index (χ0v) is 22.8. The van der Waals surface area contributed by atoms with Gasteiger partial charge in [0.1, 0.15) is 12.4 Å². The number of hydrogen-bond acceptors (Lipinski definition) is 6. The number of benzene rings is 2. The molecule has 216 valence electrons. The van der Waals surface area contributed by atoms with Crippen LogP contribution in [0.1, 0.15) is 12.0 Å². The van der Waals surface area contributed by atoms with E-state index in [0.29, 0.717) is 5.92 Å². The maximum Gasteiger partial charge on any atom is 0.490 e. The van der Waals surface area contributed by atoms with Crippen LogP contribution in [0.2, 0.25) is 0 Å². The van der Waals surface area contributed by atoms with E-state index < -0.39 is 12.1 Å². The van der Waals surface area contributed by atoms with Gasteiger partial charge in [-0.05, 0) is 53.8 Å². The van der Waals surface area contributed by atoms with Gasteiger partial charge in [0.25, 0.3) is 0 Å². The van der Waals surface area contributed by atoms with Crippen LogP contribution in [-0.2, 0) is 16.1 Å². The smallest absolute Gasteiger partial charge is 0.475 e. The summed E-state index contributed by atoms with van der Waals surface area (Å²) in [6.07, 6.45) is -2.74. The number of aromatic nitrogens is 2. The van der Waals surface area contributed by atoms with Gasteiger partial charge >= 0.3 is 18.2 Å². The number of likely N-dealkylation sites (tertiary alicyclic amines) is 1. The summed E-state index contributed by atoms with van der Waals surface area (Å²) in [5.41, 5.74) is 4.50. The Balaban J connectivity index is 0.000000493. The zero-order valence-electron chi connectivity index (χ0n) is 22.0. The van der Waals surface area contributed by atoms with Gasteiger partial charge in [0, 0.05) is 31.1 Å². The average molecular weight is 587 g/mol. The average Bonchev–Trinajstić information content (AvgIpc) is 3.71. The maximum atomic E-state index is 12.0. The molecule has 2 aromatic heterocycles. The van der Waals surface area contributed by atoms with E-state index in [9.17, 15) is 18.0 Å². The Bertz CT molecular complexity index is 1470. The van der Waals surface area contributed by atoms with E-state index in [1.54, 1.807) is 22.3 Å². The molecule has 8 nitrogen and oxygen atoms in total. The molecule has 0 saturated carbocycles. The molecule has 1 fully saturated rings. The second-order valence-corrected chi connectivity index (χ2v) is 10.5. The summed E-state index contributed by atoms with van der Waals surface area (Å²) in [5, 5.41) is 10.7. The predicted molar refractivity (Wildman–Crippen MR) is 151 cm³/mol. The summed E-state index contributed by atoms with van der Waals surface area (Å²) in [7, 11) is 0. The molecule has 12 heteroatoms. The Kier molecular flexibility index (Phi) is 9.79. The Morgan fingerprint density at radius 2 is 1.93 bits per heavy atom. The van der Waals surface area contributed by atoms with Gasteiger partial charge in [-0.25, -0.2) is 14.6 Å². The number of ether oxygens (including phenoxy) is 1. The van der Waals surface area contributed by atoms with Gasteiger partial charge < -0.3 is 25.0 Å². The van der Waals surface area contributed by atoms with Crippen LogP contribution >= 0.6 is 11.3 Å². The van der Waals surface area contributed by atoms with Gasteiger partial charge in [-0.1, -0.05) is 43.0 Å². The number of nitrogens with one attached hydrogen (secondary N) is 2. The molecule has 0 bridgehead atoms. The van der Waals surface area contributed by atoms with Gasteiger partial charge in [-0.2, -0.15) is 13.2 Å². The van der Waals surface area contributed by atoms with Crippen molar-refractivity contribution in [2.24, 2.45) is 5.92 Å². The van der Waals surface area contributed by atoms with E-state index in [1.807, 2.05) is 18.2 Å². The minimum absolute atomic E-state index is 0.243. The number of amides is 1. The van der Waals surface area contributed by atoms with Crippen molar-refractivity contribution < 1.29 is 32.6 Å². The topological polar surface area (TPSA) is 108 Å². The number of thiophene rings is 1. The van der Waals surface area contributed by atoms with Crippen LogP contribution in [0.25, 0.3) is 32.2 Å². The summed E-state index contributed by atoms with van der Waals surface area (Å²) >= 11 is 1.75. The lowest BCUT2D eigenvalue weighted by Gasteiger charge is -2.16. The first-order chi connectivity index (χ1) is 19.6. The van der Waals surface area contributed by atoms with Crippen molar-refractivity contribution in [1.82, 2.24) is 20.2 Å². The third-order valence-electron chi connectivity index (χ3n) is 6.31. The number of aliphatic carboxylic acids is 1. The summed E-state index contributed by atoms with van der Waals surface area (Å²) in [4.78, 5) is 33.2. The molecule has 1 amide bonds. The Hall–Kier alpha value is -4.16. The molecule has 4 aromatic rings. The number of alkyl halides is 3. The van der Waals surface area contributed by atoms with Gasteiger partial charge in [0.05, 0.1) is 15.9 Å². The molecule has 1 aliphatic heterocycles. The van der Waals surface area contributed by atoms with Crippen LogP contribution in [0.5, 0.6) is 0 Å². The number of carboxylic acids is 1. The summed E-state index contributed by atoms with van der Waals surface area (Å²) in [6.45, 7) is 7.02. The number of fused-ring (bicyclic) bond motifs is 1. The predicted octanol–water partition coefficient (Wildman–Crippen LogP) is 6.33. The molecule has 3 heterocycles. The van der Waals surface area contributed by atoms with E-state index in [-0.39, 0.29) is 12.7 Å². The molecule has 0 aliphatic carbocycles. The molecule has 1 saturated heterocycles. The van der Waals surface area contributed by atoms with Crippen LogP contribution in [0, 0.1) is 5.92 Å². The second-order valence-electron chi connectivity index (χ2n) is 9.37. The van der Waals surface area contributed by atoms with Crippen molar-refractivity contribution in [2.75, 3.05) is 26.2 Å². The number of carboxylic acid groups (broad SMARTS) is 1. The number of nitrogens with zero attached hydrogens (tertiary/aromatic N) is 2. The van der Waals surface area contributed by atoms with Crippen molar-refractivity contribution >= 4 is 34.4 Å². The number of H-pyrrole nitrogens is 1. The largest absolute Gasteiger partial charge is 0.490 e. The number of carbonyl (C=O) groups is 2. The van der Waals surface area contributed by atoms with Gasteiger partial charge in [-0.3, -0.25) is 0 Å². The minimum Gasteiger partial charge on any atom is -0.475 e. The highest BCUT2D eigenvalue weighted by Gasteiger charge is 2.38. The number of imidazole rings is 1. The molecule has 1 unspecified atom stereocenters. The van der Waals surface area contributed by atoms with Crippen molar-refractivity contribution in [1.29, 1.82) is 0 Å². The molecular weight excluding hydrogens is 557 g/mol. The number of rotatable bonds is 8. The van der Waals surface area contributed by atoms with E-state index in [1.165, 1.54) is 16.0 Å². The lowest BCUT2D eigenvalue weighted by atomic mass is 10.1. The lowest BCUT2D eigenvalue weighted by Crippen LogP contribution is -2.31. The summed E-state index contributed by atoms with van der Waals surface area (Å²) in [6, 6.07) is 21.1. The molecule has 0 radical (unpaired) electrons. The van der Waals surface area contributed by atoms with Crippen LogP contribution in [0.15, 0.2) is 73.3 Å². The fraction of sp³-hybridized carbons (Fsp3) is 0.276. The first-order valence-corrected chi connectivity index (χ1v) is 13.6. The van der Waals surface area contributed by atoms with Crippen LogP contribution in [0.3, 0.4) is 0 Å². The normalized spacial score (nSPS) is 14.9. The molecule has 1 atom stereocenters. The molecule has 0 spiro atoms. The monoisotopic (exact) mass is 586 g/mol. The van der Waals surface area contributed by atoms with Crippen molar-refractivity contribution in [3.63, 3.8) is 0 Å². The fourth-order valence-corrected chi connectivity index (χ4v) is 5.28. The highest BCUT2D eigenvalue weighted by atomic mass is 32.1. The molecule has 2 aromatic carbocycles. The number of para-hydroxylation sites is 2. The quantitative estimate of drug-likeness (QED) is 0.209. The highest BCUT2D eigenvalue weighted by Crippen LogP contribution is 2.34. The van der Waals surface area contributed by atoms with Crippen molar-refractivity contribution in [2.45, 2.75) is 19.1 Å². The third-order valence-corrected chi connectivity index (χ3v) is 7.45. The Morgan fingerprint density at radius 1 is 1.17 bits per heavy atom. The zero-order chi connectivity index (χ0) is 29.4. The molecule has 1 aliphatic rings. The highest BCUT2D eigenvalue weighted by molar-refractivity contribution is 7.18. The number of carbonyl (C=O) groups excluding carboxylic acids is 1. The van der Waals surface area contributed by atoms with Crippen LogP contribution in [0.4, 0.5) is 18.0 Å². The summed E-state index contributed by atoms with van der Waals surface area (Å²) in [5.74, 6) is -1.40. The molecule has 41 heavy (non-hydrogen) atoms. The first-order valence-electron chi connectivity index (χ1n) is 12.8. The Morgan fingerprint density at radius 3 is 2.66 bits per heavy atom. The molecule has 3 N–H and O–H groups in total. The van der Waals surface area contributed by atoms with Gasteiger partial charge in [0.2, 0.25) is 0 Å². The van der Waals surface area contributed by atoms with Crippen LogP contribution < -0.4 is 5.32 Å². The van der Waals surface area contributed by atoms with Crippen molar-refractivity contribution in [3.05, 3.63) is 78.9 Å². The van der Waals surface area contributed by atoms with E-state index in [2.05, 4.69) is 59.3 Å².